The average molecular weight is 254 g/mol. The van der Waals surface area contributed by atoms with Crippen molar-refractivity contribution < 1.29 is 0 Å². The Morgan fingerprint density at radius 3 is 2.67 bits per heavy atom. The van der Waals surface area contributed by atoms with Gasteiger partial charge in [0.05, 0.1) is 0 Å². The Kier molecular flexibility index (Phi) is 4.96. The number of hydrogen-bond acceptors (Lipinski definition) is 0. The van der Waals surface area contributed by atoms with Crippen LogP contribution in [0.3, 0.4) is 0 Å². The maximum absolute atomic E-state index is 6.21. The van der Waals surface area contributed by atoms with Crippen LogP contribution in [-0.2, 0) is 0 Å². The molecular weight excluding hydrogens is 235 g/mol. The predicted molar refractivity (Wildman–Crippen MR) is 59.2 cm³/mol. The van der Waals surface area contributed by atoms with Crippen LogP contribution in [0.15, 0.2) is 0 Å². The van der Waals surface area contributed by atoms with Crippen LogP contribution in [0.1, 0.15) is 45.4 Å². The summed E-state index contributed by atoms with van der Waals surface area (Å²) in [7, 11) is 0. The lowest BCUT2D eigenvalue weighted by Crippen LogP contribution is -2.20. The molecule has 0 aromatic carbocycles. The first-order valence-electron chi connectivity index (χ1n) is 5.02. The quantitative estimate of drug-likeness (QED) is 0.610. The summed E-state index contributed by atoms with van der Waals surface area (Å²) in [5.74, 6) is 0.799. The molecular formula is C10H18BrCl. The van der Waals surface area contributed by atoms with Crippen LogP contribution < -0.4 is 0 Å². The van der Waals surface area contributed by atoms with Gasteiger partial charge in [0.15, 0.2) is 0 Å². The van der Waals surface area contributed by atoms with Crippen molar-refractivity contribution in [3.63, 3.8) is 0 Å². The Balaban J connectivity index is 2.44. The van der Waals surface area contributed by atoms with E-state index in [2.05, 4.69) is 22.9 Å². The molecule has 0 aliphatic heterocycles. The number of halogens is 2. The van der Waals surface area contributed by atoms with Crippen LogP contribution in [0.25, 0.3) is 0 Å². The van der Waals surface area contributed by atoms with E-state index in [0.717, 1.165) is 5.92 Å². The molecule has 0 bridgehead atoms. The van der Waals surface area contributed by atoms with Gasteiger partial charge in [-0.2, -0.15) is 0 Å². The molecule has 0 aromatic rings. The highest BCUT2D eigenvalue weighted by molar-refractivity contribution is 9.09. The van der Waals surface area contributed by atoms with Gasteiger partial charge in [-0.3, -0.25) is 0 Å². The Morgan fingerprint density at radius 1 is 1.33 bits per heavy atom. The largest absolute Gasteiger partial charge is 0.123 e. The molecule has 0 heterocycles. The van der Waals surface area contributed by atoms with Crippen molar-refractivity contribution in [1.82, 2.24) is 0 Å². The van der Waals surface area contributed by atoms with E-state index in [-0.39, 0.29) is 0 Å². The molecule has 0 radical (unpaired) electrons. The minimum atomic E-state index is 0.426. The Labute approximate surface area is 89.2 Å². The molecule has 1 aliphatic carbocycles. The molecule has 0 amide bonds. The smallest absolute Gasteiger partial charge is 0.0339 e. The minimum absolute atomic E-state index is 0.426. The zero-order chi connectivity index (χ0) is 8.97. The molecule has 0 spiro atoms. The fourth-order valence-electron chi connectivity index (χ4n) is 1.96. The summed E-state index contributed by atoms with van der Waals surface area (Å²) in [4.78, 5) is 0.712. The van der Waals surface area contributed by atoms with E-state index in [1.54, 1.807) is 0 Å². The van der Waals surface area contributed by atoms with Crippen LogP contribution in [0.4, 0.5) is 0 Å². The van der Waals surface area contributed by atoms with Crippen molar-refractivity contribution in [3.8, 4) is 0 Å². The van der Waals surface area contributed by atoms with Crippen LogP contribution >= 0.6 is 27.5 Å². The molecule has 72 valence electrons. The average Bonchev–Trinajstić information content (AvgIpc) is 2.05. The monoisotopic (exact) mass is 252 g/mol. The maximum atomic E-state index is 6.21. The second kappa shape index (κ2) is 5.49. The summed E-state index contributed by atoms with van der Waals surface area (Å²) in [5, 5.41) is 0.426. The Morgan fingerprint density at radius 2 is 2.00 bits per heavy atom. The van der Waals surface area contributed by atoms with E-state index < -0.39 is 0 Å². The van der Waals surface area contributed by atoms with E-state index in [1.807, 2.05) is 0 Å². The molecule has 1 saturated carbocycles. The van der Waals surface area contributed by atoms with Gasteiger partial charge in [0.1, 0.15) is 0 Å². The summed E-state index contributed by atoms with van der Waals surface area (Å²) in [5.41, 5.74) is 0. The van der Waals surface area contributed by atoms with Crippen LogP contribution in [0.5, 0.6) is 0 Å². The number of alkyl halides is 2. The molecule has 2 heteroatoms. The van der Waals surface area contributed by atoms with Gasteiger partial charge in [-0.05, 0) is 25.2 Å². The van der Waals surface area contributed by atoms with E-state index >= 15 is 0 Å². The summed E-state index contributed by atoms with van der Waals surface area (Å²) in [6.07, 6.45) is 7.68. The molecule has 0 nitrogen and oxygen atoms in total. The third-order valence-corrected chi connectivity index (χ3v) is 4.44. The van der Waals surface area contributed by atoms with Crippen molar-refractivity contribution in [2.45, 2.75) is 55.7 Å². The molecule has 0 N–H and O–H groups in total. The first-order chi connectivity index (χ1) is 5.74. The van der Waals surface area contributed by atoms with Crippen molar-refractivity contribution in [3.05, 3.63) is 0 Å². The third-order valence-electron chi connectivity index (χ3n) is 2.84. The van der Waals surface area contributed by atoms with Gasteiger partial charge in [-0.15, -0.1) is 11.6 Å². The Hall–Kier alpha value is 0.770. The van der Waals surface area contributed by atoms with Gasteiger partial charge in [-0.25, -0.2) is 0 Å². The second-order valence-corrected chi connectivity index (χ2v) is 5.60. The first-order valence-corrected chi connectivity index (χ1v) is 6.37. The second-order valence-electron chi connectivity index (χ2n) is 3.80. The van der Waals surface area contributed by atoms with E-state index in [4.69, 9.17) is 11.6 Å². The standard InChI is InChI=1S/C10H18BrCl/c1-2-8-7-9(12)5-3-4-6-10(8)11/h8-10H,2-7H2,1H3/t8?,9-,10?/m1/s1. The van der Waals surface area contributed by atoms with Crippen LogP contribution in [0, 0.1) is 5.92 Å². The lowest BCUT2D eigenvalue weighted by Gasteiger charge is -2.26. The zero-order valence-electron chi connectivity index (χ0n) is 7.73. The molecule has 0 aromatic heterocycles. The van der Waals surface area contributed by atoms with Gasteiger partial charge < -0.3 is 0 Å². The predicted octanol–water partition coefficient (Wildman–Crippen LogP) is 4.35. The van der Waals surface area contributed by atoms with Gasteiger partial charge in [0.25, 0.3) is 0 Å². The molecule has 12 heavy (non-hydrogen) atoms. The maximum Gasteiger partial charge on any atom is 0.0339 e. The van der Waals surface area contributed by atoms with Crippen molar-refractivity contribution in [2.24, 2.45) is 5.92 Å². The van der Waals surface area contributed by atoms with E-state index in [0.29, 0.717) is 10.2 Å². The molecule has 2 unspecified atom stereocenters. The zero-order valence-corrected chi connectivity index (χ0v) is 10.1. The normalized spacial score (nSPS) is 38.8. The highest BCUT2D eigenvalue weighted by atomic mass is 79.9. The van der Waals surface area contributed by atoms with Gasteiger partial charge in [-0.1, -0.05) is 42.1 Å². The lowest BCUT2D eigenvalue weighted by atomic mass is 9.89. The topological polar surface area (TPSA) is 0 Å². The molecule has 1 aliphatic rings. The van der Waals surface area contributed by atoms with Crippen LogP contribution in [-0.4, -0.2) is 10.2 Å². The lowest BCUT2D eigenvalue weighted by molar-refractivity contribution is 0.388. The van der Waals surface area contributed by atoms with Gasteiger partial charge >= 0.3 is 0 Å². The minimum Gasteiger partial charge on any atom is -0.123 e. The fraction of sp³-hybridized carbons (Fsp3) is 1.00. The molecule has 1 fully saturated rings. The fourth-order valence-corrected chi connectivity index (χ4v) is 3.25. The summed E-state index contributed by atoms with van der Waals surface area (Å²) < 4.78 is 0. The summed E-state index contributed by atoms with van der Waals surface area (Å²) >= 11 is 9.98. The van der Waals surface area contributed by atoms with Crippen molar-refractivity contribution >= 4 is 27.5 Å². The van der Waals surface area contributed by atoms with E-state index in [1.165, 1.54) is 38.5 Å². The number of hydrogen-bond donors (Lipinski definition) is 0. The van der Waals surface area contributed by atoms with E-state index in [9.17, 15) is 0 Å². The number of rotatable bonds is 1. The van der Waals surface area contributed by atoms with Crippen LogP contribution in [0.2, 0.25) is 0 Å². The van der Waals surface area contributed by atoms with Gasteiger partial charge in [0.2, 0.25) is 0 Å². The highest BCUT2D eigenvalue weighted by Gasteiger charge is 2.22. The SMILES string of the molecule is CCC1C[C@H](Cl)CCCCC1Br. The summed E-state index contributed by atoms with van der Waals surface area (Å²) in [6, 6.07) is 0. The third kappa shape index (κ3) is 3.26. The molecule has 1 rings (SSSR count). The molecule has 3 atom stereocenters. The Bertz CT molecular complexity index is 127. The van der Waals surface area contributed by atoms with Gasteiger partial charge in [0, 0.05) is 10.2 Å². The van der Waals surface area contributed by atoms with Crippen molar-refractivity contribution in [2.75, 3.05) is 0 Å². The summed E-state index contributed by atoms with van der Waals surface area (Å²) in [6.45, 7) is 2.27. The highest BCUT2D eigenvalue weighted by Crippen LogP contribution is 2.32. The first kappa shape index (κ1) is 10.8. The molecule has 0 saturated heterocycles. The van der Waals surface area contributed by atoms with Crippen molar-refractivity contribution in [1.29, 1.82) is 0 Å².